The summed E-state index contributed by atoms with van der Waals surface area (Å²) in [4.78, 5) is 2.30. The molecule has 2 N–H and O–H groups in total. The van der Waals surface area contributed by atoms with Crippen LogP contribution in [0, 0.1) is 12.7 Å². The van der Waals surface area contributed by atoms with Crippen molar-refractivity contribution in [1.29, 1.82) is 0 Å². The molecule has 0 aromatic heterocycles. The SMILES string of the molecule is Cc1cc(F)ccc1CC(N)C1(N(C)C)CCCC1. The van der Waals surface area contributed by atoms with E-state index in [1.807, 2.05) is 13.0 Å². The lowest BCUT2D eigenvalue weighted by Gasteiger charge is -2.41. The molecule has 1 aliphatic rings. The van der Waals surface area contributed by atoms with Crippen molar-refractivity contribution in [2.45, 2.75) is 50.6 Å². The smallest absolute Gasteiger partial charge is 0.123 e. The van der Waals surface area contributed by atoms with E-state index in [1.165, 1.54) is 37.3 Å². The molecule has 106 valence electrons. The number of aryl methyl sites for hydroxylation is 1. The van der Waals surface area contributed by atoms with Crippen LogP contribution >= 0.6 is 0 Å². The van der Waals surface area contributed by atoms with Crippen LogP contribution in [0.1, 0.15) is 36.8 Å². The molecule has 1 fully saturated rings. The van der Waals surface area contributed by atoms with Crippen molar-refractivity contribution in [1.82, 2.24) is 4.90 Å². The van der Waals surface area contributed by atoms with Crippen LogP contribution in [0.5, 0.6) is 0 Å². The Morgan fingerprint density at radius 2 is 1.95 bits per heavy atom. The highest BCUT2D eigenvalue weighted by Crippen LogP contribution is 2.37. The van der Waals surface area contributed by atoms with Crippen molar-refractivity contribution in [2.75, 3.05) is 14.1 Å². The van der Waals surface area contributed by atoms with Crippen molar-refractivity contribution >= 4 is 0 Å². The van der Waals surface area contributed by atoms with Crippen LogP contribution in [0.4, 0.5) is 4.39 Å². The third kappa shape index (κ3) is 2.82. The molecule has 0 aliphatic heterocycles. The first-order valence-corrected chi connectivity index (χ1v) is 7.14. The highest BCUT2D eigenvalue weighted by atomic mass is 19.1. The average molecular weight is 264 g/mol. The van der Waals surface area contributed by atoms with Gasteiger partial charge in [-0.3, -0.25) is 0 Å². The minimum Gasteiger partial charge on any atom is -0.326 e. The number of halogens is 1. The first-order chi connectivity index (χ1) is 8.95. The van der Waals surface area contributed by atoms with E-state index in [2.05, 4.69) is 19.0 Å². The normalized spacial score (nSPS) is 19.9. The molecule has 0 bridgehead atoms. The van der Waals surface area contributed by atoms with Crippen molar-refractivity contribution in [3.05, 3.63) is 35.1 Å². The minimum atomic E-state index is -0.169. The zero-order valence-corrected chi connectivity index (χ0v) is 12.2. The molecule has 1 unspecified atom stereocenters. The molecule has 0 radical (unpaired) electrons. The van der Waals surface area contributed by atoms with Gasteiger partial charge in [-0.05, 0) is 63.5 Å². The van der Waals surface area contributed by atoms with Gasteiger partial charge in [-0.25, -0.2) is 4.39 Å². The Balaban J connectivity index is 2.17. The fraction of sp³-hybridized carbons (Fsp3) is 0.625. The lowest BCUT2D eigenvalue weighted by molar-refractivity contribution is 0.123. The molecule has 1 atom stereocenters. The Kier molecular flexibility index (Phi) is 4.26. The maximum Gasteiger partial charge on any atom is 0.123 e. The third-order valence-electron chi connectivity index (χ3n) is 4.79. The van der Waals surface area contributed by atoms with Crippen molar-refractivity contribution in [3.8, 4) is 0 Å². The molecule has 1 saturated carbocycles. The molecule has 2 rings (SSSR count). The summed E-state index contributed by atoms with van der Waals surface area (Å²) >= 11 is 0. The van der Waals surface area contributed by atoms with Gasteiger partial charge in [0, 0.05) is 11.6 Å². The molecular formula is C16H25FN2. The molecule has 1 aromatic carbocycles. The number of hydrogen-bond acceptors (Lipinski definition) is 2. The van der Waals surface area contributed by atoms with Crippen LogP contribution in [-0.4, -0.2) is 30.6 Å². The summed E-state index contributed by atoms with van der Waals surface area (Å²) < 4.78 is 13.1. The second-order valence-corrected chi connectivity index (χ2v) is 6.09. The van der Waals surface area contributed by atoms with Crippen molar-refractivity contribution in [3.63, 3.8) is 0 Å². The van der Waals surface area contributed by atoms with Gasteiger partial charge in [0.2, 0.25) is 0 Å². The summed E-state index contributed by atoms with van der Waals surface area (Å²) in [6.07, 6.45) is 5.68. The molecule has 0 amide bonds. The zero-order chi connectivity index (χ0) is 14.0. The van der Waals surface area contributed by atoms with E-state index < -0.39 is 0 Å². The number of rotatable bonds is 4. The maximum atomic E-state index is 13.1. The molecule has 0 heterocycles. The standard InChI is InChI=1S/C16H25FN2/c1-12-10-14(17)7-6-13(12)11-15(18)16(19(2)3)8-4-5-9-16/h6-7,10,15H,4-5,8-9,11,18H2,1-3H3. The largest absolute Gasteiger partial charge is 0.326 e. The van der Waals surface area contributed by atoms with Crippen LogP contribution in [0.25, 0.3) is 0 Å². The van der Waals surface area contributed by atoms with Gasteiger partial charge in [0.25, 0.3) is 0 Å². The Morgan fingerprint density at radius 1 is 1.32 bits per heavy atom. The predicted molar refractivity (Wildman–Crippen MR) is 77.7 cm³/mol. The van der Waals surface area contributed by atoms with E-state index in [-0.39, 0.29) is 17.4 Å². The molecule has 3 heteroatoms. The number of benzene rings is 1. The van der Waals surface area contributed by atoms with Crippen LogP contribution in [0.3, 0.4) is 0 Å². The topological polar surface area (TPSA) is 29.3 Å². The summed E-state index contributed by atoms with van der Waals surface area (Å²) in [5.74, 6) is -0.169. The second kappa shape index (κ2) is 5.59. The number of nitrogens with zero attached hydrogens (tertiary/aromatic N) is 1. The zero-order valence-electron chi connectivity index (χ0n) is 12.2. The van der Waals surface area contributed by atoms with Gasteiger partial charge < -0.3 is 10.6 Å². The maximum absolute atomic E-state index is 13.1. The Bertz CT molecular complexity index is 436. The monoisotopic (exact) mass is 264 g/mol. The van der Waals surface area contributed by atoms with Gasteiger partial charge in [0.15, 0.2) is 0 Å². The van der Waals surface area contributed by atoms with E-state index in [1.54, 1.807) is 6.07 Å². The molecule has 0 spiro atoms. The summed E-state index contributed by atoms with van der Waals surface area (Å²) in [5.41, 5.74) is 8.80. The lowest BCUT2D eigenvalue weighted by Crippen LogP contribution is -2.56. The molecule has 2 nitrogen and oxygen atoms in total. The van der Waals surface area contributed by atoms with E-state index in [0.717, 1.165) is 12.0 Å². The number of hydrogen-bond donors (Lipinski definition) is 1. The minimum absolute atomic E-state index is 0.106. The van der Waals surface area contributed by atoms with Gasteiger partial charge in [-0.15, -0.1) is 0 Å². The highest BCUT2D eigenvalue weighted by Gasteiger charge is 2.41. The molecule has 1 aromatic rings. The van der Waals surface area contributed by atoms with Crippen LogP contribution < -0.4 is 5.73 Å². The molecule has 0 saturated heterocycles. The Labute approximate surface area is 115 Å². The van der Waals surface area contributed by atoms with Crippen molar-refractivity contribution in [2.24, 2.45) is 5.73 Å². The van der Waals surface area contributed by atoms with Gasteiger partial charge >= 0.3 is 0 Å². The fourth-order valence-corrected chi connectivity index (χ4v) is 3.45. The van der Waals surface area contributed by atoms with Crippen molar-refractivity contribution < 1.29 is 4.39 Å². The van der Waals surface area contributed by atoms with Crippen LogP contribution in [0.15, 0.2) is 18.2 Å². The fourth-order valence-electron chi connectivity index (χ4n) is 3.45. The first kappa shape index (κ1) is 14.5. The molecule has 19 heavy (non-hydrogen) atoms. The summed E-state index contributed by atoms with van der Waals surface area (Å²) in [7, 11) is 4.26. The average Bonchev–Trinajstić information content (AvgIpc) is 2.83. The highest BCUT2D eigenvalue weighted by molar-refractivity contribution is 5.28. The molecule has 1 aliphatic carbocycles. The van der Waals surface area contributed by atoms with Crippen LogP contribution in [-0.2, 0) is 6.42 Å². The Hall–Kier alpha value is -0.930. The van der Waals surface area contributed by atoms with E-state index in [4.69, 9.17) is 5.73 Å². The summed E-state index contributed by atoms with van der Waals surface area (Å²) in [6, 6.07) is 5.11. The first-order valence-electron chi connectivity index (χ1n) is 7.14. The summed E-state index contributed by atoms with van der Waals surface area (Å²) in [5, 5.41) is 0. The quantitative estimate of drug-likeness (QED) is 0.906. The van der Waals surface area contributed by atoms with E-state index in [0.29, 0.717) is 0 Å². The predicted octanol–water partition coefficient (Wildman–Crippen LogP) is 2.88. The number of likely N-dealkylation sites (N-methyl/N-ethyl adjacent to an activating group) is 1. The van der Waals surface area contributed by atoms with Gasteiger partial charge in [0.1, 0.15) is 5.82 Å². The number of nitrogens with two attached hydrogens (primary N) is 1. The van der Waals surface area contributed by atoms with Gasteiger partial charge in [-0.2, -0.15) is 0 Å². The second-order valence-electron chi connectivity index (χ2n) is 6.09. The third-order valence-corrected chi connectivity index (χ3v) is 4.79. The Morgan fingerprint density at radius 3 is 2.47 bits per heavy atom. The summed E-state index contributed by atoms with van der Waals surface area (Å²) in [6.45, 7) is 1.96. The molecular weight excluding hydrogens is 239 g/mol. The lowest BCUT2D eigenvalue weighted by atomic mass is 9.83. The van der Waals surface area contributed by atoms with Gasteiger partial charge in [0.05, 0.1) is 0 Å². The van der Waals surface area contributed by atoms with E-state index in [9.17, 15) is 4.39 Å². The van der Waals surface area contributed by atoms with Gasteiger partial charge in [-0.1, -0.05) is 18.9 Å². The van der Waals surface area contributed by atoms with E-state index >= 15 is 0 Å². The van der Waals surface area contributed by atoms with Crippen LogP contribution in [0.2, 0.25) is 0 Å².